The lowest BCUT2D eigenvalue weighted by atomic mass is 10.1. The maximum atomic E-state index is 5.53. The van der Waals surface area contributed by atoms with Gasteiger partial charge in [0.05, 0.1) is 13.2 Å². The second kappa shape index (κ2) is 5.63. The number of ether oxygens (including phenoxy) is 1. The molecule has 0 saturated carbocycles. The molecule has 1 saturated heterocycles. The maximum Gasteiger partial charge on any atom is 0.115 e. The van der Waals surface area contributed by atoms with Crippen LogP contribution in [-0.2, 0) is 4.74 Å². The molecule has 2 heterocycles. The summed E-state index contributed by atoms with van der Waals surface area (Å²) in [4.78, 5) is 6.23. The minimum atomic E-state index is 0.828. The fourth-order valence-corrected chi connectivity index (χ4v) is 3.29. The molecule has 2 aliphatic rings. The van der Waals surface area contributed by atoms with Crippen molar-refractivity contribution in [3.63, 3.8) is 0 Å². The second-order valence-electron chi connectivity index (χ2n) is 4.76. The molecule has 0 unspecified atom stereocenters. The van der Waals surface area contributed by atoms with Gasteiger partial charge in [-0.1, -0.05) is 48.7 Å². The van der Waals surface area contributed by atoms with Gasteiger partial charge in [0.2, 0.25) is 0 Å². The number of rotatable bonds is 3. The summed E-state index contributed by atoms with van der Waals surface area (Å²) in [6, 6.07) is 8.13. The number of fused-ring (bicyclic) bond motifs is 1. The highest BCUT2D eigenvalue weighted by Gasteiger charge is 2.28. The Kier molecular flexibility index (Phi) is 3.88. The Balaban J connectivity index is 1.67. The van der Waals surface area contributed by atoms with Gasteiger partial charge in [0, 0.05) is 37.3 Å². The van der Waals surface area contributed by atoms with E-state index in [-0.39, 0.29) is 0 Å². The monoisotopic (exact) mass is 292 g/mol. The first-order valence-electron chi connectivity index (χ1n) is 6.53. The Hall–Kier alpha value is -0.880. The quantitative estimate of drug-likeness (QED) is 0.786. The lowest BCUT2D eigenvalue weighted by Gasteiger charge is -2.29. The molecule has 0 bridgehead atoms. The molecule has 0 spiro atoms. The SMILES string of the molecule is S=C1c2ccccc2C(=S)N1CCN1CCOCC1. The van der Waals surface area contributed by atoms with Gasteiger partial charge in [0.25, 0.3) is 0 Å². The predicted octanol–water partition coefficient (Wildman–Crippen LogP) is 1.69. The highest BCUT2D eigenvalue weighted by atomic mass is 32.1. The molecule has 0 aromatic heterocycles. The molecule has 19 heavy (non-hydrogen) atoms. The number of hydrogen-bond donors (Lipinski definition) is 0. The van der Waals surface area contributed by atoms with Crippen LogP contribution in [0.3, 0.4) is 0 Å². The van der Waals surface area contributed by atoms with E-state index >= 15 is 0 Å². The Bertz CT molecular complexity index is 477. The zero-order valence-electron chi connectivity index (χ0n) is 10.7. The van der Waals surface area contributed by atoms with Crippen molar-refractivity contribution in [1.82, 2.24) is 9.80 Å². The zero-order chi connectivity index (χ0) is 13.2. The van der Waals surface area contributed by atoms with Gasteiger partial charge >= 0.3 is 0 Å². The number of nitrogens with zero attached hydrogens (tertiary/aromatic N) is 2. The first kappa shape index (κ1) is 13.1. The summed E-state index contributed by atoms with van der Waals surface area (Å²) in [6.45, 7) is 5.51. The molecule has 5 heteroatoms. The summed E-state index contributed by atoms with van der Waals surface area (Å²) >= 11 is 11.1. The Morgan fingerprint density at radius 1 is 0.947 bits per heavy atom. The number of morpholine rings is 1. The molecule has 3 rings (SSSR count). The second-order valence-corrected chi connectivity index (χ2v) is 5.53. The van der Waals surface area contributed by atoms with Crippen LogP contribution in [0.25, 0.3) is 0 Å². The van der Waals surface area contributed by atoms with Gasteiger partial charge in [-0.3, -0.25) is 4.90 Å². The first-order valence-corrected chi connectivity index (χ1v) is 7.34. The van der Waals surface area contributed by atoms with Crippen LogP contribution in [-0.4, -0.2) is 59.2 Å². The van der Waals surface area contributed by atoms with Crippen molar-refractivity contribution in [1.29, 1.82) is 0 Å². The van der Waals surface area contributed by atoms with Crippen LogP contribution in [0.2, 0.25) is 0 Å². The minimum Gasteiger partial charge on any atom is -0.379 e. The van der Waals surface area contributed by atoms with Gasteiger partial charge in [-0.25, -0.2) is 0 Å². The Morgan fingerprint density at radius 2 is 1.53 bits per heavy atom. The molecule has 0 N–H and O–H groups in total. The van der Waals surface area contributed by atoms with Crippen LogP contribution >= 0.6 is 24.4 Å². The van der Waals surface area contributed by atoms with E-state index in [4.69, 9.17) is 29.2 Å². The van der Waals surface area contributed by atoms with Crippen molar-refractivity contribution in [3.05, 3.63) is 35.4 Å². The third-order valence-corrected chi connectivity index (χ3v) is 4.50. The van der Waals surface area contributed by atoms with Crippen LogP contribution in [0.4, 0.5) is 0 Å². The van der Waals surface area contributed by atoms with Crippen molar-refractivity contribution < 1.29 is 4.74 Å². The summed E-state index contributed by atoms with van der Waals surface area (Å²) < 4.78 is 5.36. The first-order chi connectivity index (χ1) is 9.27. The number of hydrogen-bond acceptors (Lipinski definition) is 4. The molecule has 0 radical (unpaired) electrons. The van der Waals surface area contributed by atoms with E-state index in [0.29, 0.717) is 0 Å². The Labute approximate surface area is 124 Å². The van der Waals surface area contributed by atoms with E-state index in [1.807, 2.05) is 12.1 Å². The summed E-state index contributed by atoms with van der Waals surface area (Å²) in [6.07, 6.45) is 0. The van der Waals surface area contributed by atoms with Gasteiger partial charge < -0.3 is 9.64 Å². The third kappa shape index (κ3) is 2.56. The van der Waals surface area contributed by atoms with Gasteiger partial charge in [-0.05, 0) is 0 Å². The van der Waals surface area contributed by atoms with Gasteiger partial charge in [-0.2, -0.15) is 0 Å². The van der Waals surface area contributed by atoms with Gasteiger partial charge in [0.1, 0.15) is 9.98 Å². The lowest BCUT2D eigenvalue weighted by molar-refractivity contribution is 0.0374. The smallest absolute Gasteiger partial charge is 0.115 e. The maximum absolute atomic E-state index is 5.53. The molecular weight excluding hydrogens is 276 g/mol. The fraction of sp³-hybridized carbons (Fsp3) is 0.429. The van der Waals surface area contributed by atoms with Crippen molar-refractivity contribution in [2.75, 3.05) is 39.4 Å². The normalized spacial score (nSPS) is 19.9. The molecule has 100 valence electrons. The molecule has 2 aliphatic heterocycles. The van der Waals surface area contributed by atoms with Crippen LogP contribution < -0.4 is 0 Å². The summed E-state index contributed by atoms with van der Waals surface area (Å²) in [5, 5.41) is 0. The van der Waals surface area contributed by atoms with Crippen molar-refractivity contribution >= 4 is 34.4 Å². The molecule has 0 amide bonds. The van der Waals surface area contributed by atoms with Gasteiger partial charge in [-0.15, -0.1) is 0 Å². The van der Waals surface area contributed by atoms with E-state index in [1.54, 1.807) is 0 Å². The van der Waals surface area contributed by atoms with Crippen molar-refractivity contribution in [3.8, 4) is 0 Å². The predicted molar refractivity (Wildman–Crippen MR) is 83.8 cm³/mol. The van der Waals surface area contributed by atoms with E-state index in [0.717, 1.165) is 60.5 Å². The van der Waals surface area contributed by atoms with Crippen molar-refractivity contribution in [2.45, 2.75) is 0 Å². The third-order valence-electron chi connectivity index (χ3n) is 3.62. The summed E-state index contributed by atoms with van der Waals surface area (Å²) in [5.74, 6) is 0. The van der Waals surface area contributed by atoms with Crippen LogP contribution in [0.1, 0.15) is 11.1 Å². The molecule has 0 atom stereocenters. The average molecular weight is 292 g/mol. The van der Waals surface area contributed by atoms with E-state index in [2.05, 4.69) is 21.9 Å². The van der Waals surface area contributed by atoms with Crippen LogP contribution in [0.5, 0.6) is 0 Å². The van der Waals surface area contributed by atoms with Crippen molar-refractivity contribution in [2.24, 2.45) is 0 Å². The molecule has 3 nitrogen and oxygen atoms in total. The zero-order valence-corrected chi connectivity index (χ0v) is 12.3. The molecule has 0 aliphatic carbocycles. The average Bonchev–Trinajstić information content (AvgIpc) is 2.71. The highest BCUT2D eigenvalue weighted by Crippen LogP contribution is 2.24. The van der Waals surface area contributed by atoms with E-state index in [1.165, 1.54) is 0 Å². The number of thiocarbonyl (C=S) groups is 2. The summed E-state index contributed by atoms with van der Waals surface area (Å²) in [5.41, 5.74) is 2.20. The highest BCUT2D eigenvalue weighted by molar-refractivity contribution is 7.82. The standard InChI is InChI=1S/C14H16N2OS2/c18-13-11-3-1-2-4-12(11)14(19)16(13)6-5-15-7-9-17-10-8-15/h1-4H,5-10H2. The van der Waals surface area contributed by atoms with Crippen LogP contribution in [0.15, 0.2) is 24.3 Å². The van der Waals surface area contributed by atoms with E-state index < -0.39 is 0 Å². The fourth-order valence-electron chi connectivity index (χ4n) is 2.51. The summed E-state index contributed by atoms with van der Waals surface area (Å²) in [7, 11) is 0. The minimum absolute atomic E-state index is 0.828. The Morgan fingerprint density at radius 3 is 2.11 bits per heavy atom. The lowest BCUT2D eigenvalue weighted by Crippen LogP contribution is -2.42. The van der Waals surface area contributed by atoms with Gasteiger partial charge in [0.15, 0.2) is 0 Å². The largest absolute Gasteiger partial charge is 0.379 e. The van der Waals surface area contributed by atoms with E-state index in [9.17, 15) is 0 Å². The topological polar surface area (TPSA) is 15.7 Å². The number of benzene rings is 1. The molecular formula is C14H16N2OS2. The molecule has 1 fully saturated rings. The molecule has 1 aromatic rings. The van der Waals surface area contributed by atoms with Crippen LogP contribution in [0, 0.1) is 0 Å². The molecule has 1 aromatic carbocycles.